The van der Waals surface area contributed by atoms with Crippen LogP contribution in [0.2, 0.25) is 0 Å². The second-order valence-electron chi connectivity index (χ2n) is 6.64. The molecular weight excluding hydrogens is 318 g/mol. The van der Waals surface area contributed by atoms with Gasteiger partial charge in [-0.2, -0.15) is 4.40 Å². The first-order valence-corrected chi connectivity index (χ1v) is 8.46. The fourth-order valence-corrected chi connectivity index (χ4v) is 4.24. The molecule has 0 spiro atoms. The lowest BCUT2D eigenvalue weighted by Gasteiger charge is -2.07. The standard InChI is InChI=1S/C20H20N3.ClH/c21-15-10-11-17-14(13-15)9-12-20-22(16-5-1-2-6-16)18-7-3-4-8-19(18)23(17)20;/h3-4,7-13,16H,1-2,5-6,21H2;1H/q+1;/p-1. The summed E-state index contributed by atoms with van der Waals surface area (Å²) in [5.41, 5.74) is 11.9. The van der Waals surface area contributed by atoms with Crippen molar-refractivity contribution in [1.29, 1.82) is 0 Å². The van der Waals surface area contributed by atoms with Crippen molar-refractivity contribution in [1.82, 2.24) is 4.40 Å². The van der Waals surface area contributed by atoms with Crippen molar-refractivity contribution in [3.05, 3.63) is 54.6 Å². The highest BCUT2D eigenvalue weighted by molar-refractivity contribution is 5.89. The van der Waals surface area contributed by atoms with Crippen LogP contribution in [0.1, 0.15) is 31.7 Å². The van der Waals surface area contributed by atoms with Crippen LogP contribution in [-0.2, 0) is 0 Å². The molecule has 0 radical (unpaired) electrons. The van der Waals surface area contributed by atoms with Gasteiger partial charge >= 0.3 is 0 Å². The Hall–Kier alpha value is -2.26. The Balaban J connectivity index is 0.00000146. The third-order valence-corrected chi connectivity index (χ3v) is 5.25. The number of nitrogen functional groups attached to an aromatic ring is 1. The van der Waals surface area contributed by atoms with Gasteiger partial charge in [-0.3, -0.25) is 0 Å². The van der Waals surface area contributed by atoms with Gasteiger partial charge in [-0.25, -0.2) is 4.57 Å². The fraction of sp³-hybridized carbons (Fsp3) is 0.250. The number of pyridine rings is 1. The molecule has 0 aliphatic heterocycles. The summed E-state index contributed by atoms with van der Waals surface area (Å²) in [5.74, 6) is 0. The lowest BCUT2D eigenvalue weighted by atomic mass is 10.2. The molecule has 122 valence electrons. The lowest BCUT2D eigenvalue weighted by molar-refractivity contribution is -0.672. The summed E-state index contributed by atoms with van der Waals surface area (Å²) in [6, 6.07) is 20.0. The molecule has 4 heteroatoms. The Bertz CT molecular complexity index is 1040. The van der Waals surface area contributed by atoms with Gasteiger partial charge in [0, 0.05) is 17.1 Å². The van der Waals surface area contributed by atoms with E-state index in [1.807, 2.05) is 6.07 Å². The average molecular weight is 338 g/mol. The van der Waals surface area contributed by atoms with Crippen LogP contribution >= 0.6 is 0 Å². The van der Waals surface area contributed by atoms with Gasteiger partial charge in [0.2, 0.25) is 0 Å². The first-order chi connectivity index (χ1) is 11.3. The Kier molecular flexibility index (Phi) is 3.61. The predicted molar refractivity (Wildman–Crippen MR) is 94.5 cm³/mol. The second-order valence-corrected chi connectivity index (χ2v) is 6.64. The molecule has 2 aromatic heterocycles. The first kappa shape index (κ1) is 15.3. The molecule has 0 atom stereocenters. The number of anilines is 1. The molecule has 0 bridgehead atoms. The van der Waals surface area contributed by atoms with Gasteiger partial charge in [0.25, 0.3) is 5.65 Å². The van der Waals surface area contributed by atoms with Gasteiger partial charge in [-0.15, -0.1) is 0 Å². The molecule has 2 aromatic carbocycles. The van der Waals surface area contributed by atoms with Gasteiger partial charge in [0.05, 0.1) is 0 Å². The number of imidazole rings is 1. The van der Waals surface area contributed by atoms with Gasteiger partial charge < -0.3 is 18.1 Å². The SMILES string of the molecule is Nc1ccc2c(ccc3n2c2ccccc2[n+]3C2CCCC2)c1.[Cl-]. The summed E-state index contributed by atoms with van der Waals surface area (Å²) in [4.78, 5) is 0. The van der Waals surface area contributed by atoms with Crippen molar-refractivity contribution >= 4 is 33.3 Å². The van der Waals surface area contributed by atoms with Crippen molar-refractivity contribution in [3.8, 4) is 0 Å². The van der Waals surface area contributed by atoms with Crippen LogP contribution < -0.4 is 22.7 Å². The number of fused-ring (bicyclic) bond motifs is 5. The molecule has 2 heterocycles. The summed E-state index contributed by atoms with van der Waals surface area (Å²) in [7, 11) is 0. The van der Waals surface area contributed by atoms with Crippen molar-refractivity contribution in [2.45, 2.75) is 31.7 Å². The zero-order valence-corrected chi connectivity index (χ0v) is 14.2. The Labute approximate surface area is 147 Å². The number of nitrogens with two attached hydrogens (primary N) is 1. The lowest BCUT2D eigenvalue weighted by Crippen LogP contribution is -3.00. The van der Waals surface area contributed by atoms with Crippen LogP contribution in [0.4, 0.5) is 5.69 Å². The van der Waals surface area contributed by atoms with Crippen LogP contribution in [0.5, 0.6) is 0 Å². The molecule has 3 nitrogen and oxygen atoms in total. The van der Waals surface area contributed by atoms with Gasteiger partial charge in [-0.1, -0.05) is 12.1 Å². The number of aromatic nitrogens is 2. The van der Waals surface area contributed by atoms with E-state index in [1.165, 1.54) is 53.3 Å². The van der Waals surface area contributed by atoms with Crippen LogP contribution in [0, 0.1) is 0 Å². The van der Waals surface area contributed by atoms with E-state index in [9.17, 15) is 0 Å². The molecule has 1 aliphatic carbocycles. The van der Waals surface area contributed by atoms with Gasteiger partial charge in [0.15, 0.2) is 11.0 Å². The highest BCUT2D eigenvalue weighted by Gasteiger charge is 2.29. The van der Waals surface area contributed by atoms with Crippen molar-refractivity contribution in [2.75, 3.05) is 5.73 Å². The van der Waals surface area contributed by atoms with E-state index in [-0.39, 0.29) is 12.4 Å². The Morgan fingerprint density at radius 1 is 0.917 bits per heavy atom. The maximum atomic E-state index is 5.97. The molecule has 4 aromatic rings. The van der Waals surface area contributed by atoms with E-state index >= 15 is 0 Å². The number of para-hydroxylation sites is 2. The predicted octanol–water partition coefficient (Wildman–Crippen LogP) is 1.23. The third kappa shape index (κ3) is 2.08. The normalized spacial score (nSPS) is 15.3. The largest absolute Gasteiger partial charge is 1.00 e. The first-order valence-electron chi connectivity index (χ1n) is 8.46. The Morgan fingerprint density at radius 2 is 1.71 bits per heavy atom. The highest BCUT2D eigenvalue weighted by atomic mass is 35.5. The minimum atomic E-state index is 0. The zero-order chi connectivity index (χ0) is 15.4. The van der Waals surface area contributed by atoms with E-state index in [0.717, 1.165) is 5.69 Å². The minimum Gasteiger partial charge on any atom is -1.00 e. The third-order valence-electron chi connectivity index (χ3n) is 5.25. The van der Waals surface area contributed by atoms with Crippen molar-refractivity contribution in [3.63, 3.8) is 0 Å². The average Bonchev–Trinajstić information content (AvgIpc) is 3.19. The summed E-state index contributed by atoms with van der Waals surface area (Å²) >= 11 is 0. The van der Waals surface area contributed by atoms with Crippen LogP contribution in [0.3, 0.4) is 0 Å². The second kappa shape index (κ2) is 5.67. The Morgan fingerprint density at radius 3 is 2.54 bits per heavy atom. The molecule has 0 amide bonds. The number of nitrogens with zero attached hydrogens (tertiary/aromatic N) is 2. The van der Waals surface area contributed by atoms with E-state index in [1.54, 1.807) is 0 Å². The summed E-state index contributed by atoms with van der Waals surface area (Å²) in [5, 5.41) is 1.19. The van der Waals surface area contributed by atoms with E-state index in [2.05, 4.69) is 57.5 Å². The maximum Gasteiger partial charge on any atom is 0.287 e. The monoisotopic (exact) mass is 337 g/mol. The quantitative estimate of drug-likeness (QED) is 0.411. The summed E-state index contributed by atoms with van der Waals surface area (Å²) in [6.07, 6.45) is 5.25. The number of hydrogen-bond acceptors (Lipinski definition) is 1. The van der Waals surface area contributed by atoms with E-state index in [0.29, 0.717) is 6.04 Å². The van der Waals surface area contributed by atoms with E-state index in [4.69, 9.17) is 5.73 Å². The van der Waals surface area contributed by atoms with Crippen LogP contribution in [-0.4, -0.2) is 4.40 Å². The summed E-state index contributed by atoms with van der Waals surface area (Å²) < 4.78 is 4.94. The van der Waals surface area contributed by atoms with Crippen LogP contribution in [0.25, 0.3) is 27.6 Å². The molecule has 1 fully saturated rings. The highest BCUT2D eigenvalue weighted by Crippen LogP contribution is 2.30. The topological polar surface area (TPSA) is 34.3 Å². The van der Waals surface area contributed by atoms with Crippen molar-refractivity contribution < 1.29 is 17.0 Å². The zero-order valence-electron chi connectivity index (χ0n) is 13.5. The molecule has 1 aliphatic rings. The van der Waals surface area contributed by atoms with Gasteiger partial charge in [-0.05, 0) is 62.1 Å². The molecule has 1 saturated carbocycles. The molecule has 5 rings (SSSR count). The number of benzene rings is 2. The fourth-order valence-electron chi connectivity index (χ4n) is 4.24. The smallest absolute Gasteiger partial charge is 0.287 e. The maximum absolute atomic E-state index is 5.97. The van der Waals surface area contributed by atoms with E-state index < -0.39 is 0 Å². The number of rotatable bonds is 1. The van der Waals surface area contributed by atoms with Gasteiger partial charge in [0.1, 0.15) is 11.6 Å². The minimum absolute atomic E-state index is 0. The van der Waals surface area contributed by atoms with Crippen molar-refractivity contribution in [2.24, 2.45) is 0 Å². The molecule has 24 heavy (non-hydrogen) atoms. The molecule has 0 saturated heterocycles. The number of halogens is 1. The summed E-state index contributed by atoms with van der Waals surface area (Å²) in [6.45, 7) is 0. The number of hydrogen-bond donors (Lipinski definition) is 1. The molecular formula is C20H20ClN3. The van der Waals surface area contributed by atoms with Crippen LogP contribution in [0.15, 0.2) is 54.6 Å². The molecule has 0 unspecified atom stereocenters. The molecule has 2 N–H and O–H groups in total.